The Hall–Kier alpha value is -3.54. The van der Waals surface area contributed by atoms with E-state index in [-0.39, 0.29) is 55.7 Å². The minimum atomic E-state index is -1.42. The van der Waals surface area contributed by atoms with Gasteiger partial charge >= 0.3 is 24.4 Å². The first-order valence-electron chi connectivity index (χ1n) is 13.4. The molecule has 12 nitrogen and oxygen atoms in total. The molecule has 0 fully saturated rings. The lowest BCUT2D eigenvalue weighted by Crippen LogP contribution is -2.40. The molecule has 0 saturated heterocycles. The molecule has 40 heavy (non-hydrogen) atoms. The van der Waals surface area contributed by atoms with Crippen LogP contribution in [0.1, 0.15) is 66.4 Å². The highest BCUT2D eigenvalue weighted by atomic mass is 16.7. The number of ether oxygens (including phenoxy) is 6. The highest BCUT2D eigenvalue weighted by Crippen LogP contribution is 2.36. The third kappa shape index (κ3) is 12.5. The maximum absolute atomic E-state index is 12.3. The summed E-state index contributed by atoms with van der Waals surface area (Å²) in [7, 11) is 0. The van der Waals surface area contributed by atoms with Gasteiger partial charge in [-0.2, -0.15) is 0 Å². The number of rotatable bonds is 15. The highest BCUT2D eigenvalue weighted by Gasteiger charge is 2.33. The molecule has 1 rings (SSSR count). The van der Waals surface area contributed by atoms with Crippen LogP contribution in [-0.2, 0) is 23.7 Å². The van der Waals surface area contributed by atoms with Crippen LogP contribution >= 0.6 is 0 Å². The Morgan fingerprint density at radius 3 is 1.75 bits per heavy atom. The molecule has 4 atom stereocenters. The van der Waals surface area contributed by atoms with Crippen molar-refractivity contribution in [2.75, 3.05) is 26.4 Å². The molecule has 0 spiro atoms. The van der Waals surface area contributed by atoms with Crippen molar-refractivity contribution in [3.8, 4) is 11.5 Å². The number of benzene rings is 1. The van der Waals surface area contributed by atoms with E-state index >= 15 is 0 Å². The number of carboxylic acids is 1. The van der Waals surface area contributed by atoms with Gasteiger partial charge in [0.05, 0.1) is 26.4 Å². The van der Waals surface area contributed by atoms with Crippen LogP contribution in [0.25, 0.3) is 0 Å². The van der Waals surface area contributed by atoms with Gasteiger partial charge in [-0.25, -0.2) is 14.4 Å². The smallest absolute Gasteiger partial charge is 0.480 e. The van der Waals surface area contributed by atoms with Gasteiger partial charge in [0, 0.05) is 5.92 Å². The SMILES string of the molecule is CCC(C)COC(=O)OCC(C)C(c1ccc(OC(=O)OCC(C)C)c(OC(=O)OCC(C)C)c1)[C@H](N)C(=O)O. The summed E-state index contributed by atoms with van der Waals surface area (Å²) in [5, 5.41) is 9.68. The van der Waals surface area contributed by atoms with Gasteiger partial charge < -0.3 is 39.3 Å². The van der Waals surface area contributed by atoms with Crippen LogP contribution in [0.15, 0.2) is 18.2 Å². The number of carbonyl (C=O) groups excluding carboxylic acids is 3. The number of hydrogen-bond donors (Lipinski definition) is 2. The summed E-state index contributed by atoms with van der Waals surface area (Å²) < 4.78 is 30.9. The topological polar surface area (TPSA) is 170 Å². The highest BCUT2D eigenvalue weighted by molar-refractivity contribution is 5.75. The van der Waals surface area contributed by atoms with Crippen molar-refractivity contribution in [3.05, 3.63) is 23.8 Å². The van der Waals surface area contributed by atoms with Gasteiger partial charge in [0.1, 0.15) is 6.04 Å². The Balaban J connectivity index is 3.25. The molecule has 0 radical (unpaired) electrons. The average Bonchev–Trinajstić information content (AvgIpc) is 2.89. The van der Waals surface area contributed by atoms with Gasteiger partial charge in [0.25, 0.3) is 0 Å². The van der Waals surface area contributed by atoms with Crippen molar-refractivity contribution in [3.63, 3.8) is 0 Å². The number of nitrogens with two attached hydrogens (primary N) is 1. The first kappa shape index (κ1) is 34.5. The monoisotopic (exact) mass is 569 g/mol. The molecule has 0 amide bonds. The van der Waals surface area contributed by atoms with Gasteiger partial charge in [-0.1, -0.05) is 61.0 Å². The van der Waals surface area contributed by atoms with Gasteiger partial charge in [0.2, 0.25) is 0 Å². The van der Waals surface area contributed by atoms with Crippen LogP contribution < -0.4 is 15.2 Å². The molecule has 0 aromatic heterocycles. The molecule has 1 aromatic rings. The molecular formula is C28H43NO11. The van der Waals surface area contributed by atoms with Gasteiger partial charge in [-0.15, -0.1) is 0 Å². The van der Waals surface area contributed by atoms with Crippen molar-refractivity contribution in [1.82, 2.24) is 0 Å². The second-order valence-corrected chi connectivity index (χ2v) is 10.6. The Morgan fingerprint density at radius 2 is 1.25 bits per heavy atom. The lowest BCUT2D eigenvalue weighted by Gasteiger charge is -2.28. The van der Waals surface area contributed by atoms with Gasteiger partial charge in [-0.05, 0) is 41.4 Å². The molecule has 0 aliphatic heterocycles. The predicted octanol–water partition coefficient (Wildman–Crippen LogP) is 5.36. The summed E-state index contributed by atoms with van der Waals surface area (Å²) in [4.78, 5) is 48.4. The Labute approximate surface area is 235 Å². The van der Waals surface area contributed by atoms with E-state index in [0.717, 1.165) is 6.42 Å². The maximum Gasteiger partial charge on any atom is 0.513 e. The summed E-state index contributed by atoms with van der Waals surface area (Å²) in [6, 6.07) is 2.71. The van der Waals surface area contributed by atoms with Crippen molar-refractivity contribution in [2.45, 2.75) is 66.8 Å². The first-order chi connectivity index (χ1) is 18.7. The van der Waals surface area contributed by atoms with E-state index in [4.69, 9.17) is 34.2 Å². The van der Waals surface area contributed by atoms with E-state index in [9.17, 15) is 24.3 Å². The Kier molecular flexibility index (Phi) is 14.8. The first-order valence-corrected chi connectivity index (χ1v) is 13.4. The molecular weight excluding hydrogens is 526 g/mol. The predicted molar refractivity (Wildman–Crippen MR) is 144 cm³/mol. The minimum absolute atomic E-state index is 0.0382. The molecule has 1 aromatic carbocycles. The van der Waals surface area contributed by atoms with Crippen LogP contribution in [-0.4, -0.2) is 62.0 Å². The van der Waals surface area contributed by atoms with Crippen LogP contribution in [0.2, 0.25) is 0 Å². The van der Waals surface area contributed by atoms with E-state index in [0.29, 0.717) is 5.56 Å². The van der Waals surface area contributed by atoms with Crippen molar-refractivity contribution in [1.29, 1.82) is 0 Å². The molecule has 226 valence electrons. The lowest BCUT2D eigenvalue weighted by atomic mass is 9.82. The van der Waals surface area contributed by atoms with E-state index in [1.165, 1.54) is 18.2 Å². The average molecular weight is 570 g/mol. The molecule has 12 heteroatoms. The molecule has 3 unspecified atom stereocenters. The summed E-state index contributed by atoms with van der Waals surface area (Å²) in [5.41, 5.74) is 6.35. The summed E-state index contributed by atoms with van der Waals surface area (Å²) in [6.45, 7) is 13.1. The van der Waals surface area contributed by atoms with Crippen LogP contribution in [0.3, 0.4) is 0 Å². The van der Waals surface area contributed by atoms with E-state index in [1.54, 1.807) is 6.92 Å². The quantitative estimate of drug-likeness (QED) is 0.158. The zero-order chi connectivity index (χ0) is 30.4. The molecule has 0 saturated carbocycles. The second-order valence-electron chi connectivity index (χ2n) is 10.6. The minimum Gasteiger partial charge on any atom is -0.480 e. The number of carbonyl (C=O) groups is 4. The molecule has 0 heterocycles. The maximum atomic E-state index is 12.3. The van der Waals surface area contributed by atoms with E-state index in [2.05, 4.69) is 0 Å². The van der Waals surface area contributed by atoms with Crippen molar-refractivity contribution >= 4 is 24.4 Å². The third-order valence-electron chi connectivity index (χ3n) is 5.74. The van der Waals surface area contributed by atoms with Crippen LogP contribution in [0.4, 0.5) is 14.4 Å². The van der Waals surface area contributed by atoms with Crippen LogP contribution in [0.5, 0.6) is 11.5 Å². The molecule has 0 bridgehead atoms. The zero-order valence-electron chi connectivity index (χ0n) is 24.3. The zero-order valence-corrected chi connectivity index (χ0v) is 24.3. The second kappa shape index (κ2) is 17.2. The Morgan fingerprint density at radius 1 is 0.750 bits per heavy atom. The summed E-state index contributed by atoms with van der Waals surface area (Å²) in [5.74, 6) is -2.92. The molecule has 3 N–H and O–H groups in total. The standard InChI is InChI=1S/C28H43NO11/c1-8-18(6)14-37-26(32)38-15-19(7)23(24(29)25(30)31)20-9-10-21(39-27(33)35-12-16(2)3)22(11-20)40-28(34)36-13-17(4)5/h9-11,16-19,23-24H,8,12-15,29H2,1-7H3,(H,30,31)/t18?,19?,23?,24-/m0/s1. The largest absolute Gasteiger partial charge is 0.513 e. The van der Waals surface area contributed by atoms with Crippen LogP contribution in [0, 0.1) is 23.7 Å². The van der Waals surface area contributed by atoms with E-state index < -0.39 is 42.3 Å². The van der Waals surface area contributed by atoms with E-state index in [1.807, 2.05) is 41.5 Å². The summed E-state index contributed by atoms with van der Waals surface area (Å²) in [6.07, 6.45) is -2.12. The number of aliphatic carboxylic acids is 1. The molecule has 0 aliphatic rings. The number of carboxylic acid groups (broad SMARTS) is 1. The Bertz CT molecular complexity index is 979. The fraction of sp³-hybridized carbons (Fsp3) is 0.643. The lowest BCUT2D eigenvalue weighted by molar-refractivity contribution is -0.139. The van der Waals surface area contributed by atoms with Crippen molar-refractivity contribution < 1.29 is 52.7 Å². The summed E-state index contributed by atoms with van der Waals surface area (Å²) >= 11 is 0. The molecule has 0 aliphatic carbocycles. The van der Waals surface area contributed by atoms with Gasteiger partial charge in [0.15, 0.2) is 11.5 Å². The normalized spacial score (nSPS) is 14.1. The third-order valence-corrected chi connectivity index (χ3v) is 5.74. The fourth-order valence-electron chi connectivity index (χ4n) is 3.32. The van der Waals surface area contributed by atoms with Gasteiger partial charge in [-0.3, -0.25) is 4.79 Å². The number of hydrogen-bond acceptors (Lipinski definition) is 11. The van der Waals surface area contributed by atoms with Crippen molar-refractivity contribution in [2.24, 2.45) is 29.4 Å². The fourth-order valence-corrected chi connectivity index (χ4v) is 3.32.